The normalized spacial score (nSPS) is 16.4. The number of carbonyl (C=O) groups excluding carboxylic acids is 1. The van der Waals surface area contributed by atoms with E-state index in [1.807, 2.05) is 18.4 Å². The first-order valence-corrected chi connectivity index (χ1v) is 10.1. The molecule has 3 nitrogen and oxygen atoms in total. The SMILES string of the molecule is CCCc1ccc(C(NC(=O)C(C)OCC2CC2)c2cccs2)cc1. The van der Waals surface area contributed by atoms with E-state index in [0.717, 1.165) is 23.3 Å². The zero-order valence-corrected chi connectivity index (χ0v) is 15.9. The molecule has 1 aliphatic rings. The Labute approximate surface area is 154 Å². The van der Waals surface area contributed by atoms with E-state index in [2.05, 4.69) is 42.6 Å². The molecule has 25 heavy (non-hydrogen) atoms. The zero-order valence-electron chi connectivity index (χ0n) is 15.0. The predicted molar refractivity (Wildman–Crippen MR) is 103 cm³/mol. The van der Waals surface area contributed by atoms with Gasteiger partial charge in [-0.1, -0.05) is 43.7 Å². The van der Waals surface area contributed by atoms with E-state index < -0.39 is 6.10 Å². The van der Waals surface area contributed by atoms with Crippen molar-refractivity contribution in [3.8, 4) is 0 Å². The highest BCUT2D eigenvalue weighted by Gasteiger charge is 2.26. The number of nitrogens with one attached hydrogen (secondary N) is 1. The predicted octanol–water partition coefficient (Wildman–Crippen LogP) is 4.72. The number of hydrogen-bond acceptors (Lipinski definition) is 3. The van der Waals surface area contributed by atoms with Gasteiger partial charge in [0, 0.05) is 4.88 Å². The number of hydrogen-bond donors (Lipinski definition) is 1. The van der Waals surface area contributed by atoms with E-state index in [9.17, 15) is 4.79 Å². The minimum absolute atomic E-state index is 0.0447. The topological polar surface area (TPSA) is 38.3 Å². The maximum Gasteiger partial charge on any atom is 0.249 e. The summed E-state index contributed by atoms with van der Waals surface area (Å²) in [6.07, 6.45) is 4.28. The Kier molecular flexibility index (Phi) is 6.27. The molecule has 2 unspecified atom stereocenters. The van der Waals surface area contributed by atoms with Crippen molar-refractivity contribution in [2.45, 2.75) is 51.7 Å². The molecule has 0 radical (unpaired) electrons. The van der Waals surface area contributed by atoms with E-state index >= 15 is 0 Å². The molecule has 1 aliphatic carbocycles. The highest BCUT2D eigenvalue weighted by atomic mass is 32.1. The Morgan fingerprint density at radius 2 is 2.04 bits per heavy atom. The monoisotopic (exact) mass is 357 g/mol. The van der Waals surface area contributed by atoms with Gasteiger partial charge >= 0.3 is 0 Å². The highest BCUT2D eigenvalue weighted by Crippen LogP contribution is 2.30. The summed E-state index contributed by atoms with van der Waals surface area (Å²) < 4.78 is 5.72. The van der Waals surface area contributed by atoms with Crippen LogP contribution in [0.1, 0.15) is 55.2 Å². The van der Waals surface area contributed by atoms with Crippen molar-refractivity contribution in [2.24, 2.45) is 5.92 Å². The fourth-order valence-corrected chi connectivity index (χ4v) is 3.64. The summed E-state index contributed by atoms with van der Waals surface area (Å²) in [5, 5.41) is 5.23. The molecule has 0 spiro atoms. The number of carbonyl (C=O) groups is 1. The second-order valence-corrected chi connectivity index (χ2v) is 7.85. The lowest BCUT2D eigenvalue weighted by atomic mass is 10.0. The van der Waals surface area contributed by atoms with Gasteiger partial charge in [-0.25, -0.2) is 0 Å². The van der Waals surface area contributed by atoms with Gasteiger partial charge in [0.1, 0.15) is 6.10 Å². The summed E-state index contributed by atoms with van der Waals surface area (Å²) in [4.78, 5) is 13.7. The molecule has 3 rings (SSSR count). The van der Waals surface area contributed by atoms with Gasteiger partial charge in [-0.05, 0) is 54.7 Å². The van der Waals surface area contributed by atoms with Crippen molar-refractivity contribution in [1.82, 2.24) is 5.32 Å². The second kappa shape index (κ2) is 8.63. The molecule has 1 aromatic carbocycles. The second-order valence-electron chi connectivity index (χ2n) is 6.87. The number of aryl methyl sites for hydroxylation is 1. The molecule has 1 amide bonds. The molecular weight excluding hydrogens is 330 g/mol. The van der Waals surface area contributed by atoms with Crippen LogP contribution in [-0.4, -0.2) is 18.6 Å². The maximum atomic E-state index is 12.6. The third-order valence-electron chi connectivity index (χ3n) is 4.61. The average molecular weight is 358 g/mol. The minimum Gasteiger partial charge on any atom is -0.368 e. The highest BCUT2D eigenvalue weighted by molar-refractivity contribution is 7.10. The Morgan fingerprint density at radius 3 is 2.64 bits per heavy atom. The Bertz CT molecular complexity index is 662. The zero-order chi connectivity index (χ0) is 17.6. The summed E-state index contributed by atoms with van der Waals surface area (Å²) in [6.45, 7) is 4.73. The summed E-state index contributed by atoms with van der Waals surface area (Å²) in [5.41, 5.74) is 2.45. The van der Waals surface area contributed by atoms with Crippen LogP contribution < -0.4 is 5.32 Å². The van der Waals surface area contributed by atoms with E-state index in [0.29, 0.717) is 12.5 Å². The van der Waals surface area contributed by atoms with Crippen LogP contribution in [0.3, 0.4) is 0 Å². The van der Waals surface area contributed by atoms with Crippen LogP contribution in [0.4, 0.5) is 0 Å². The molecule has 2 aromatic rings. The van der Waals surface area contributed by atoms with Gasteiger partial charge in [0.15, 0.2) is 0 Å². The number of rotatable bonds is 9. The first-order chi connectivity index (χ1) is 12.2. The Hall–Kier alpha value is -1.65. The Morgan fingerprint density at radius 1 is 1.28 bits per heavy atom. The molecule has 4 heteroatoms. The number of thiophene rings is 1. The van der Waals surface area contributed by atoms with Crippen molar-refractivity contribution in [2.75, 3.05) is 6.61 Å². The molecule has 0 bridgehead atoms. The number of benzene rings is 1. The molecule has 0 saturated heterocycles. The molecule has 134 valence electrons. The lowest BCUT2D eigenvalue weighted by molar-refractivity contribution is -0.132. The minimum atomic E-state index is -0.414. The van der Waals surface area contributed by atoms with Crippen LogP contribution in [0.2, 0.25) is 0 Å². The molecule has 1 heterocycles. The maximum absolute atomic E-state index is 12.6. The van der Waals surface area contributed by atoms with Crippen molar-refractivity contribution in [3.05, 3.63) is 57.8 Å². The molecule has 1 aromatic heterocycles. The van der Waals surface area contributed by atoms with E-state index in [4.69, 9.17) is 4.74 Å². The lowest BCUT2D eigenvalue weighted by Gasteiger charge is -2.21. The smallest absolute Gasteiger partial charge is 0.249 e. The standard InChI is InChI=1S/C21H27NO2S/c1-3-5-16-9-11-18(12-10-16)20(19-6-4-13-25-19)22-21(23)15(2)24-14-17-7-8-17/h4,6,9-13,15,17,20H,3,5,7-8,14H2,1-2H3,(H,22,23). The fourth-order valence-electron chi connectivity index (χ4n) is 2.84. The van der Waals surface area contributed by atoms with Crippen molar-refractivity contribution < 1.29 is 9.53 Å². The van der Waals surface area contributed by atoms with Gasteiger partial charge in [0.2, 0.25) is 5.91 Å². The van der Waals surface area contributed by atoms with Crippen LogP contribution >= 0.6 is 11.3 Å². The van der Waals surface area contributed by atoms with Gasteiger partial charge in [-0.2, -0.15) is 0 Å². The van der Waals surface area contributed by atoms with Crippen LogP contribution in [0.25, 0.3) is 0 Å². The van der Waals surface area contributed by atoms with Gasteiger partial charge in [0.25, 0.3) is 0 Å². The van der Waals surface area contributed by atoms with Crippen molar-refractivity contribution >= 4 is 17.2 Å². The summed E-state index contributed by atoms with van der Waals surface area (Å²) in [6, 6.07) is 12.6. The molecule has 2 atom stereocenters. The quantitative estimate of drug-likeness (QED) is 0.705. The van der Waals surface area contributed by atoms with Crippen molar-refractivity contribution in [1.29, 1.82) is 0 Å². The summed E-state index contributed by atoms with van der Waals surface area (Å²) in [5.74, 6) is 0.617. The van der Waals surface area contributed by atoms with E-state index in [1.165, 1.54) is 18.4 Å². The van der Waals surface area contributed by atoms with Crippen LogP contribution in [0, 0.1) is 5.92 Å². The molecule has 0 aliphatic heterocycles. The van der Waals surface area contributed by atoms with E-state index in [-0.39, 0.29) is 11.9 Å². The van der Waals surface area contributed by atoms with Crippen LogP contribution in [0.5, 0.6) is 0 Å². The third-order valence-corrected chi connectivity index (χ3v) is 5.55. The van der Waals surface area contributed by atoms with Gasteiger partial charge in [0.05, 0.1) is 12.6 Å². The first-order valence-electron chi connectivity index (χ1n) is 9.21. The Balaban J connectivity index is 1.69. The van der Waals surface area contributed by atoms with Gasteiger partial charge < -0.3 is 10.1 Å². The third kappa shape index (κ3) is 5.16. The number of amides is 1. The summed E-state index contributed by atoms with van der Waals surface area (Å²) >= 11 is 1.67. The molecule has 1 N–H and O–H groups in total. The van der Waals surface area contributed by atoms with Crippen molar-refractivity contribution in [3.63, 3.8) is 0 Å². The fraction of sp³-hybridized carbons (Fsp3) is 0.476. The van der Waals surface area contributed by atoms with Crippen LogP contribution in [-0.2, 0) is 16.0 Å². The lowest BCUT2D eigenvalue weighted by Crippen LogP contribution is -2.37. The summed E-state index contributed by atoms with van der Waals surface area (Å²) in [7, 11) is 0. The molecule has 1 fully saturated rings. The largest absolute Gasteiger partial charge is 0.368 e. The first kappa shape index (κ1) is 18.2. The average Bonchev–Trinajstić information content (AvgIpc) is 3.30. The van der Waals surface area contributed by atoms with Gasteiger partial charge in [-0.3, -0.25) is 4.79 Å². The molecular formula is C21H27NO2S. The molecule has 1 saturated carbocycles. The van der Waals surface area contributed by atoms with E-state index in [1.54, 1.807) is 11.3 Å². The van der Waals surface area contributed by atoms with Crippen LogP contribution in [0.15, 0.2) is 41.8 Å². The number of ether oxygens (including phenoxy) is 1. The van der Waals surface area contributed by atoms with Gasteiger partial charge in [-0.15, -0.1) is 11.3 Å².